The van der Waals surface area contributed by atoms with Gasteiger partial charge in [-0.2, -0.15) is 0 Å². The smallest absolute Gasteiger partial charge is 0.255 e. The number of pyridine rings is 1. The Bertz CT molecular complexity index is 424. The number of nitrogens with zero attached hydrogens (tertiary/aromatic N) is 2. The minimum absolute atomic E-state index is 0.113. The van der Waals surface area contributed by atoms with E-state index >= 15 is 0 Å². The number of amides is 1. The molecule has 1 aliphatic heterocycles. The number of halogens is 1. The first-order chi connectivity index (χ1) is 8.08. The summed E-state index contributed by atoms with van der Waals surface area (Å²) in [6.07, 6.45) is 2.51. The average Bonchev–Trinajstić information content (AvgIpc) is 2.31. The van der Waals surface area contributed by atoms with Crippen molar-refractivity contribution in [2.45, 2.75) is 25.9 Å². The Morgan fingerprint density at radius 1 is 1.53 bits per heavy atom. The van der Waals surface area contributed by atoms with Crippen LogP contribution in [0.2, 0.25) is 0 Å². The fraction of sp³-hybridized carbons (Fsp3) is 0.500. The Kier molecular flexibility index (Phi) is 3.38. The molecule has 1 N–H and O–H groups in total. The molecule has 2 heterocycles. The largest absolute Gasteiger partial charge is 0.333 e. The molecule has 4 nitrogen and oxygen atoms in total. The number of hydrogen-bond donors (Lipinski definition) is 1. The zero-order chi connectivity index (χ0) is 12.4. The fourth-order valence-electron chi connectivity index (χ4n) is 2.00. The molecular formula is C12H16FN3O. The molecule has 1 saturated heterocycles. The summed E-state index contributed by atoms with van der Waals surface area (Å²) in [5.74, 6) is -0.635. The van der Waals surface area contributed by atoms with Crippen LogP contribution in [0.25, 0.3) is 0 Å². The summed E-state index contributed by atoms with van der Waals surface area (Å²) in [5.41, 5.74) is 0.311. The second kappa shape index (κ2) is 4.79. The van der Waals surface area contributed by atoms with Gasteiger partial charge in [0.05, 0.1) is 11.8 Å². The zero-order valence-electron chi connectivity index (χ0n) is 9.98. The van der Waals surface area contributed by atoms with Gasteiger partial charge in [0.25, 0.3) is 5.91 Å². The Morgan fingerprint density at radius 3 is 3.00 bits per heavy atom. The Labute approximate surface area is 99.8 Å². The minimum Gasteiger partial charge on any atom is -0.333 e. The van der Waals surface area contributed by atoms with Gasteiger partial charge in [-0.05, 0) is 19.9 Å². The highest BCUT2D eigenvalue weighted by atomic mass is 19.1. The van der Waals surface area contributed by atoms with E-state index in [1.54, 1.807) is 4.90 Å². The van der Waals surface area contributed by atoms with Crippen LogP contribution in [0.4, 0.5) is 4.39 Å². The van der Waals surface area contributed by atoms with E-state index in [1.807, 2.05) is 13.8 Å². The van der Waals surface area contributed by atoms with Crippen molar-refractivity contribution in [3.05, 3.63) is 29.8 Å². The molecule has 0 bridgehead atoms. The molecular weight excluding hydrogens is 221 g/mol. The van der Waals surface area contributed by atoms with Gasteiger partial charge in [0.2, 0.25) is 0 Å². The molecule has 2 rings (SSSR count). The van der Waals surface area contributed by atoms with Crippen molar-refractivity contribution >= 4 is 5.91 Å². The van der Waals surface area contributed by atoms with Gasteiger partial charge in [0, 0.05) is 31.4 Å². The Morgan fingerprint density at radius 2 is 2.29 bits per heavy atom. The maximum absolute atomic E-state index is 13.0. The van der Waals surface area contributed by atoms with Gasteiger partial charge < -0.3 is 10.2 Å². The predicted molar refractivity (Wildman–Crippen MR) is 62.2 cm³/mol. The van der Waals surface area contributed by atoms with Gasteiger partial charge in [-0.15, -0.1) is 0 Å². The molecule has 92 valence electrons. The third kappa shape index (κ3) is 2.61. The van der Waals surface area contributed by atoms with Crippen molar-refractivity contribution in [1.29, 1.82) is 0 Å². The monoisotopic (exact) mass is 237 g/mol. The molecule has 5 heteroatoms. The molecule has 17 heavy (non-hydrogen) atoms. The van der Waals surface area contributed by atoms with Crippen molar-refractivity contribution in [2.24, 2.45) is 0 Å². The van der Waals surface area contributed by atoms with Gasteiger partial charge in [0.1, 0.15) is 5.82 Å². The quantitative estimate of drug-likeness (QED) is 0.794. The lowest BCUT2D eigenvalue weighted by molar-refractivity contribution is 0.0615. The van der Waals surface area contributed by atoms with E-state index < -0.39 is 5.82 Å². The summed E-state index contributed by atoms with van der Waals surface area (Å²) in [6, 6.07) is 1.60. The summed E-state index contributed by atoms with van der Waals surface area (Å²) in [6.45, 7) is 5.39. The number of nitrogens with one attached hydrogen (secondary N) is 1. The van der Waals surface area contributed by atoms with Crippen molar-refractivity contribution in [3.8, 4) is 0 Å². The van der Waals surface area contributed by atoms with Gasteiger partial charge in [-0.1, -0.05) is 0 Å². The first kappa shape index (κ1) is 12.0. The molecule has 0 aromatic carbocycles. The normalized spacial score (nSPS) is 24.8. The van der Waals surface area contributed by atoms with Crippen LogP contribution >= 0.6 is 0 Å². The number of hydrogen-bond acceptors (Lipinski definition) is 3. The topological polar surface area (TPSA) is 45.2 Å². The highest BCUT2D eigenvalue weighted by molar-refractivity contribution is 5.94. The Hall–Kier alpha value is -1.49. The second-order valence-corrected chi connectivity index (χ2v) is 4.51. The lowest BCUT2D eigenvalue weighted by Crippen LogP contribution is -2.56. The van der Waals surface area contributed by atoms with Crippen molar-refractivity contribution in [3.63, 3.8) is 0 Å². The first-order valence-electron chi connectivity index (χ1n) is 5.73. The van der Waals surface area contributed by atoms with Crippen LogP contribution in [-0.2, 0) is 0 Å². The van der Waals surface area contributed by atoms with E-state index in [2.05, 4.69) is 10.3 Å². The Balaban J connectivity index is 2.18. The maximum atomic E-state index is 13.0. The van der Waals surface area contributed by atoms with E-state index in [0.717, 1.165) is 12.7 Å². The fourth-order valence-corrected chi connectivity index (χ4v) is 2.00. The zero-order valence-corrected chi connectivity index (χ0v) is 9.98. The summed E-state index contributed by atoms with van der Waals surface area (Å²) >= 11 is 0. The van der Waals surface area contributed by atoms with Gasteiger partial charge >= 0.3 is 0 Å². The molecule has 1 aromatic rings. The van der Waals surface area contributed by atoms with Gasteiger partial charge in [0.15, 0.2) is 0 Å². The van der Waals surface area contributed by atoms with Crippen LogP contribution in [0.15, 0.2) is 18.5 Å². The number of carbonyl (C=O) groups is 1. The lowest BCUT2D eigenvalue weighted by atomic mass is 10.1. The molecule has 0 aliphatic carbocycles. The molecule has 0 spiro atoms. The third-order valence-corrected chi connectivity index (χ3v) is 2.98. The van der Waals surface area contributed by atoms with Crippen LogP contribution in [0.1, 0.15) is 24.2 Å². The van der Waals surface area contributed by atoms with Crippen LogP contribution in [-0.4, -0.2) is 41.0 Å². The molecule has 1 aromatic heterocycles. The van der Waals surface area contributed by atoms with Crippen LogP contribution in [0.5, 0.6) is 0 Å². The number of rotatable bonds is 1. The van der Waals surface area contributed by atoms with Crippen LogP contribution < -0.4 is 5.32 Å². The van der Waals surface area contributed by atoms with Gasteiger partial charge in [-0.3, -0.25) is 9.78 Å². The van der Waals surface area contributed by atoms with E-state index in [0.29, 0.717) is 12.1 Å². The average molecular weight is 237 g/mol. The molecule has 1 fully saturated rings. The maximum Gasteiger partial charge on any atom is 0.255 e. The van der Waals surface area contributed by atoms with Crippen molar-refractivity contribution in [2.75, 3.05) is 13.1 Å². The number of carbonyl (C=O) groups excluding carboxylic acids is 1. The molecule has 2 unspecified atom stereocenters. The van der Waals surface area contributed by atoms with Crippen molar-refractivity contribution in [1.82, 2.24) is 15.2 Å². The number of aromatic nitrogens is 1. The highest BCUT2D eigenvalue weighted by Gasteiger charge is 2.27. The van der Waals surface area contributed by atoms with Crippen molar-refractivity contribution < 1.29 is 9.18 Å². The van der Waals surface area contributed by atoms with Crippen LogP contribution in [0.3, 0.4) is 0 Å². The predicted octanol–water partition coefficient (Wildman–Crippen LogP) is 1.04. The SMILES string of the molecule is CC1CN(C(=O)c2cncc(F)c2)C(C)CN1. The minimum atomic E-state index is -0.480. The van der Waals surface area contributed by atoms with E-state index in [1.165, 1.54) is 12.3 Å². The van der Waals surface area contributed by atoms with E-state index in [4.69, 9.17) is 0 Å². The van der Waals surface area contributed by atoms with Crippen LogP contribution in [0, 0.1) is 5.82 Å². The summed E-state index contributed by atoms with van der Waals surface area (Å²) < 4.78 is 13.0. The summed E-state index contributed by atoms with van der Waals surface area (Å²) in [5, 5.41) is 3.30. The molecule has 2 atom stereocenters. The van der Waals surface area contributed by atoms with E-state index in [-0.39, 0.29) is 18.0 Å². The molecule has 1 aliphatic rings. The standard InChI is InChI=1S/C12H16FN3O/c1-8-7-16(9(2)4-15-8)12(17)10-3-11(13)6-14-5-10/h3,5-6,8-9,15H,4,7H2,1-2H3. The van der Waals surface area contributed by atoms with Gasteiger partial charge in [-0.25, -0.2) is 4.39 Å². The molecule has 0 saturated carbocycles. The van der Waals surface area contributed by atoms with E-state index in [9.17, 15) is 9.18 Å². The first-order valence-corrected chi connectivity index (χ1v) is 5.73. The highest BCUT2D eigenvalue weighted by Crippen LogP contribution is 2.12. The summed E-state index contributed by atoms with van der Waals surface area (Å²) in [4.78, 5) is 17.7. The lowest BCUT2D eigenvalue weighted by Gasteiger charge is -2.37. The molecule has 1 amide bonds. The third-order valence-electron chi connectivity index (χ3n) is 2.98. The second-order valence-electron chi connectivity index (χ2n) is 4.51. The number of piperazine rings is 1. The summed E-state index contributed by atoms with van der Waals surface area (Å²) in [7, 11) is 0. The molecule has 0 radical (unpaired) electrons.